The van der Waals surface area contributed by atoms with Crippen LogP contribution in [0.4, 0.5) is 0 Å². The van der Waals surface area contributed by atoms with Gasteiger partial charge in [-0.25, -0.2) is 0 Å². The lowest BCUT2D eigenvalue weighted by molar-refractivity contribution is -0.139. The number of aliphatic hydroxyl groups is 1. The molecular formula is C11H15NO3. The summed E-state index contributed by atoms with van der Waals surface area (Å²) in [6.07, 6.45) is -0.894. The number of carboxylic acids is 1. The van der Waals surface area contributed by atoms with E-state index in [0.29, 0.717) is 0 Å². The Balaban J connectivity index is 2.49. The van der Waals surface area contributed by atoms with Gasteiger partial charge in [0.2, 0.25) is 0 Å². The number of carboxylic acid groups (broad SMARTS) is 1. The van der Waals surface area contributed by atoms with Crippen LogP contribution >= 0.6 is 0 Å². The smallest absolute Gasteiger partial charge is 0.305 e. The molecule has 0 bridgehead atoms. The molecule has 0 aliphatic carbocycles. The molecule has 0 aliphatic heterocycles. The molecule has 0 amide bonds. The first-order valence-electron chi connectivity index (χ1n) is 4.80. The quantitative estimate of drug-likeness (QED) is 0.673. The topological polar surface area (TPSA) is 83.5 Å². The van der Waals surface area contributed by atoms with Crippen LogP contribution in [0.5, 0.6) is 0 Å². The van der Waals surface area contributed by atoms with E-state index < -0.39 is 12.1 Å². The van der Waals surface area contributed by atoms with Gasteiger partial charge in [0.05, 0.1) is 12.5 Å². The summed E-state index contributed by atoms with van der Waals surface area (Å²) in [6, 6.07) is 9.00. The Morgan fingerprint density at radius 3 is 2.47 bits per heavy atom. The molecule has 0 saturated carbocycles. The van der Waals surface area contributed by atoms with Crippen LogP contribution in [0.25, 0.3) is 0 Å². The Morgan fingerprint density at radius 1 is 1.33 bits per heavy atom. The second-order valence-electron chi connectivity index (χ2n) is 3.50. The third-order valence-corrected chi connectivity index (χ3v) is 2.16. The highest BCUT2D eigenvalue weighted by atomic mass is 16.4. The molecule has 0 heterocycles. The highest BCUT2D eigenvalue weighted by Crippen LogP contribution is 2.16. The van der Waals surface area contributed by atoms with Crippen molar-refractivity contribution in [2.75, 3.05) is 0 Å². The molecule has 1 aromatic carbocycles. The second kappa shape index (κ2) is 5.48. The average molecular weight is 209 g/mol. The third-order valence-electron chi connectivity index (χ3n) is 2.16. The summed E-state index contributed by atoms with van der Waals surface area (Å²) in [7, 11) is 0. The van der Waals surface area contributed by atoms with E-state index in [2.05, 4.69) is 0 Å². The summed E-state index contributed by atoms with van der Waals surface area (Å²) in [4.78, 5) is 10.3. The number of hydrogen-bond donors (Lipinski definition) is 3. The van der Waals surface area contributed by atoms with Crippen molar-refractivity contribution >= 4 is 5.97 Å². The van der Waals surface area contributed by atoms with Gasteiger partial charge in [-0.3, -0.25) is 4.79 Å². The van der Waals surface area contributed by atoms with Gasteiger partial charge < -0.3 is 15.9 Å². The van der Waals surface area contributed by atoms with E-state index in [4.69, 9.17) is 10.8 Å². The number of aliphatic carboxylic acids is 1. The minimum Gasteiger partial charge on any atom is -0.481 e. The SMILES string of the molecule is NC(C[C@H](O)CC(=O)O)c1ccccc1. The first kappa shape index (κ1) is 11.7. The predicted molar refractivity (Wildman–Crippen MR) is 56.2 cm³/mol. The van der Waals surface area contributed by atoms with Crippen molar-refractivity contribution in [3.63, 3.8) is 0 Å². The average Bonchev–Trinajstić information content (AvgIpc) is 2.17. The lowest BCUT2D eigenvalue weighted by atomic mass is 10.0. The van der Waals surface area contributed by atoms with Crippen LogP contribution < -0.4 is 5.73 Å². The molecule has 1 unspecified atom stereocenters. The van der Waals surface area contributed by atoms with Crippen molar-refractivity contribution < 1.29 is 15.0 Å². The van der Waals surface area contributed by atoms with E-state index >= 15 is 0 Å². The van der Waals surface area contributed by atoms with Crippen LogP contribution in [-0.2, 0) is 4.79 Å². The van der Waals surface area contributed by atoms with Crippen LogP contribution in [0.1, 0.15) is 24.4 Å². The Bertz CT molecular complexity index is 313. The molecule has 2 atom stereocenters. The van der Waals surface area contributed by atoms with Crippen molar-refractivity contribution in [1.29, 1.82) is 0 Å². The first-order valence-corrected chi connectivity index (χ1v) is 4.80. The zero-order chi connectivity index (χ0) is 11.3. The summed E-state index contributed by atoms with van der Waals surface area (Å²) in [5.74, 6) is -1.01. The molecule has 0 radical (unpaired) electrons. The Labute approximate surface area is 88.3 Å². The molecule has 0 aliphatic rings. The zero-order valence-electron chi connectivity index (χ0n) is 8.34. The van der Waals surface area contributed by atoms with Gasteiger partial charge in [0.1, 0.15) is 0 Å². The number of nitrogens with two attached hydrogens (primary N) is 1. The van der Waals surface area contributed by atoms with Gasteiger partial charge in [-0.15, -0.1) is 0 Å². The Morgan fingerprint density at radius 2 is 1.93 bits per heavy atom. The van der Waals surface area contributed by atoms with Crippen LogP contribution in [0, 0.1) is 0 Å². The van der Waals surface area contributed by atoms with E-state index in [0.717, 1.165) is 5.56 Å². The Kier molecular flexibility index (Phi) is 4.27. The van der Waals surface area contributed by atoms with Gasteiger partial charge in [0.25, 0.3) is 0 Å². The Hall–Kier alpha value is -1.39. The van der Waals surface area contributed by atoms with Crippen molar-refractivity contribution in [3.8, 4) is 0 Å². The monoisotopic (exact) mass is 209 g/mol. The predicted octanol–water partition coefficient (Wildman–Crippen LogP) is 0.912. The summed E-state index contributed by atoms with van der Waals surface area (Å²) in [5, 5.41) is 17.9. The van der Waals surface area contributed by atoms with Crippen molar-refractivity contribution in [1.82, 2.24) is 0 Å². The number of carbonyl (C=O) groups is 1. The minimum absolute atomic E-state index is 0.260. The maximum Gasteiger partial charge on any atom is 0.305 e. The molecule has 1 aromatic rings. The van der Waals surface area contributed by atoms with Crippen molar-refractivity contribution in [2.24, 2.45) is 5.73 Å². The van der Waals surface area contributed by atoms with E-state index in [1.54, 1.807) is 0 Å². The normalized spacial score (nSPS) is 14.5. The van der Waals surface area contributed by atoms with Crippen LogP contribution in [0.3, 0.4) is 0 Å². The van der Waals surface area contributed by atoms with Gasteiger partial charge in [0, 0.05) is 6.04 Å². The first-order chi connectivity index (χ1) is 7.09. The lowest BCUT2D eigenvalue weighted by Crippen LogP contribution is -2.21. The molecule has 0 fully saturated rings. The molecule has 0 spiro atoms. The van der Waals surface area contributed by atoms with Gasteiger partial charge >= 0.3 is 5.97 Å². The summed E-state index contributed by atoms with van der Waals surface area (Å²) >= 11 is 0. The number of hydrogen-bond acceptors (Lipinski definition) is 3. The zero-order valence-corrected chi connectivity index (χ0v) is 8.34. The van der Waals surface area contributed by atoms with Crippen molar-refractivity contribution in [3.05, 3.63) is 35.9 Å². The fourth-order valence-corrected chi connectivity index (χ4v) is 1.41. The van der Waals surface area contributed by atoms with Gasteiger partial charge in [-0.2, -0.15) is 0 Å². The number of benzene rings is 1. The number of rotatable bonds is 5. The molecule has 82 valence electrons. The molecule has 0 saturated heterocycles. The minimum atomic E-state index is -1.01. The molecule has 4 heteroatoms. The maximum absolute atomic E-state index is 10.3. The van der Waals surface area contributed by atoms with Gasteiger partial charge in [0.15, 0.2) is 0 Å². The fourth-order valence-electron chi connectivity index (χ4n) is 1.41. The fraction of sp³-hybridized carbons (Fsp3) is 0.364. The van der Waals surface area contributed by atoms with Crippen LogP contribution in [-0.4, -0.2) is 22.3 Å². The molecule has 1 rings (SSSR count). The summed E-state index contributed by atoms with van der Waals surface area (Å²) in [6.45, 7) is 0. The highest BCUT2D eigenvalue weighted by Gasteiger charge is 2.14. The lowest BCUT2D eigenvalue weighted by Gasteiger charge is -2.15. The van der Waals surface area contributed by atoms with Crippen molar-refractivity contribution in [2.45, 2.75) is 25.0 Å². The maximum atomic E-state index is 10.3. The largest absolute Gasteiger partial charge is 0.481 e. The van der Waals surface area contributed by atoms with E-state index in [9.17, 15) is 9.90 Å². The molecule has 4 nitrogen and oxygen atoms in total. The third kappa shape index (κ3) is 4.10. The van der Waals surface area contributed by atoms with E-state index in [1.807, 2.05) is 30.3 Å². The molecule has 15 heavy (non-hydrogen) atoms. The summed E-state index contributed by atoms with van der Waals surface area (Å²) < 4.78 is 0. The van der Waals surface area contributed by atoms with E-state index in [1.165, 1.54) is 0 Å². The van der Waals surface area contributed by atoms with Crippen LogP contribution in [0.2, 0.25) is 0 Å². The number of aliphatic hydroxyl groups excluding tert-OH is 1. The van der Waals surface area contributed by atoms with Gasteiger partial charge in [-0.05, 0) is 12.0 Å². The standard InChI is InChI=1S/C11H15NO3/c12-10(6-9(13)7-11(14)15)8-4-2-1-3-5-8/h1-5,9-10,13H,6-7,12H2,(H,14,15)/t9-,10?/m0/s1. The van der Waals surface area contributed by atoms with Gasteiger partial charge in [-0.1, -0.05) is 30.3 Å². The van der Waals surface area contributed by atoms with E-state index in [-0.39, 0.29) is 18.9 Å². The summed E-state index contributed by atoms with van der Waals surface area (Å²) in [5.41, 5.74) is 6.72. The molecule has 4 N–H and O–H groups in total. The molecule has 0 aromatic heterocycles. The highest BCUT2D eigenvalue weighted by molar-refractivity contribution is 5.67. The van der Waals surface area contributed by atoms with Crippen LogP contribution in [0.15, 0.2) is 30.3 Å². The molecular weight excluding hydrogens is 194 g/mol. The second-order valence-corrected chi connectivity index (χ2v) is 3.50.